The van der Waals surface area contributed by atoms with Crippen molar-refractivity contribution in [3.63, 3.8) is 0 Å². The lowest BCUT2D eigenvalue weighted by atomic mass is 10.1. The molecule has 1 aromatic carbocycles. The first kappa shape index (κ1) is 11.5. The Hall–Kier alpha value is -0.580. The fourth-order valence-electron chi connectivity index (χ4n) is 1.23. The van der Waals surface area contributed by atoms with E-state index in [1.165, 1.54) is 3.57 Å². The van der Waals surface area contributed by atoms with Gasteiger partial charge in [0.1, 0.15) is 0 Å². The Morgan fingerprint density at radius 1 is 1.50 bits per heavy atom. The number of ether oxygens (including phenoxy) is 1. The fraction of sp³-hybridized carbons (Fsp3) is 0.364. The molecule has 0 saturated carbocycles. The summed E-state index contributed by atoms with van der Waals surface area (Å²) in [6, 6.07) is 6.05. The molecule has 0 heterocycles. The minimum Gasteiger partial charge on any atom is -0.466 e. The van der Waals surface area contributed by atoms with E-state index in [1.807, 2.05) is 26.0 Å². The molecule has 76 valence electrons. The van der Waals surface area contributed by atoms with Gasteiger partial charge in [-0.3, -0.25) is 4.79 Å². The molecule has 0 atom stereocenters. The summed E-state index contributed by atoms with van der Waals surface area (Å²) in [5.74, 6) is -0.156. The zero-order valence-electron chi connectivity index (χ0n) is 8.34. The van der Waals surface area contributed by atoms with Gasteiger partial charge in [0.25, 0.3) is 0 Å². The van der Waals surface area contributed by atoms with Gasteiger partial charge in [-0.15, -0.1) is 0 Å². The smallest absolute Gasteiger partial charge is 0.310 e. The predicted octanol–water partition coefficient (Wildman–Crippen LogP) is 2.71. The Morgan fingerprint density at radius 3 is 2.79 bits per heavy atom. The second-order valence-corrected chi connectivity index (χ2v) is 4.30. The molecule has 0 unspecified atom stereocenters. The maximum Gasteiger partial charge on any atom is 0.310 e. The number of esters is 1. The molecule has 14 heavy (non-hydrogen) atoms. The quantitative estimate of drug-likeness (QED) is 0.634. The molecule has 0 aliphatic rings. The minimum absolute atomic E-state index is 0.156. The molecule has 1 rings (SSSR count). The van der Waals surface area contributed by atoms with Crippen LogP contribution in [0.1, 0.15) is 18.1 Å². The lowest BCUT2D eigenvalue weighted by Gasteiger charge is -2.05. The van der Waals surface area contributed by atoms with Gasteiger partial charge in [0.15, 0.2) is 0 Å². The van der Waals surface area contributed by atoms with Crippen LogP contribution in [0.15, 0.2) is 18.2 Å². The summed E-state index contributed by atoms with van der Waals surface area (Å²) in [6.45, 7) is 4.28. The summed E-state index contributed by atoms with van der Waals surface area (Å²) in [5, 5.41) is 0. The van der Waals surface area contributed by atoms with Crippen LogP contribution in [0, 0.1) is 10.5 Å². The molecular weight excluding hydrogens is 291 g/mol. The molecule has 0 spiro atoms. The van der Waals surface area contributed by atoms with Crippen molar-refractivity contribution in [3.8, 4) is 0 Å². The average molecular weight is 304 g/mol. The summed E-state index contributed by atoms with van der Waals surface area (Å²) < 4.78 is 6.08. The van der Waals surface area contributed by atoms with Crippen LogP contribution in [0.25, 0.3) is 0 Å². The Labute approximate surface area is 97.8 Å². The van der Waals surface area contributed by atoms with Gasteiger partial charge in [0.2, 0.25) is 0 Å². The van der Waals surface area contributed by atoms with E-state index in [4.69, 9.17) is 4.74 Å². The number of hydrogen-bond donors (Lipinski definition) is 0. The van der Waals surface area contributed by atoms with E-state index >= 15 is 0 Å². The highest BCUT2D eigenvalue weighted by Gasteiger charge is 2.06. The van der Waals surface area contributed by atoms with Crippen molar-refractivity contribution < 1.29 is 9.53 Å². The molecule has 3 heteroatoms. The first-order valence-electron chi connectivity index (χ1n) is 4.54. The highest BCUT2D eigenvalue weighted by Crippen LogP contribution is 2.13. The van der Waals surface area contributed by atoms with Gasteiger partial charge in [-0.25, -0.2) is 0 Å². The van der Waals surface area contributed by atoms with Crippen molar-refractivity contribution in [1.29, 1.82) is 0 Å². The average Bonchev–Trinajstić information content (AvgIpc) is 2.10. The molecule has 0 N–H and O–H groups in total. The number of aryl methyl sites for hydroxylation is 1. The van der Waals surface area contributed by atoms with E-state index in [9.17, 15) is 4.79 Å². The predicted molar refractivity (Wildman–Crippen MR) is 64.2 cm³/mol. The van der Waals surface area contributed by atoms with Gasteiger partial charge in [-0.2, -0.15) is 0 Å². The van der Waals surface area contributed by atoms with Crippen LogP contribution in [-0.2, 0) is 16.0 Å². The number of halogens is 1. The van der Waals surface area contributed by atoms with Crippen molar-refractivity contribution in [1.82, 2.24) is 0 Å². The minimum atomic E-state index is -0.156. The molecular formula is C11H13IO2. The summed E-state index contributed by atoms with van der Waals surface area (Å²) in [7, 11) is 0. The molecule has 1 aromatic rings. The number of carbonyl (C=O) groups is 1. The number of carbonyl (C=O) groups excluding carboxylic acids is 1. The lowest BCUT2D eigenvalue weighted by molar-refractivity contribution is -0.142. The van der Waals surface area contributed by atoms with Gasteiger partial charge in [0.05, 0.1) is 13.0 Å². The Kier molecular flexibility index (Phi) is 4.38. The van der Waals surface area contributed by atoms with Crippen molar-refractivity contribution in [2.24, 2.45) is 0 Å². The molecule has 2 nitrogen and oxygen atoms in total. The highest BCUT2D eigenvalue weighted by molar-refractivity contribution is 14.1. The Bertz CT molecular complexity index is 334. The molecule has 0 aromatic heterocycles. The van der Waals surface area contributed by atoms with E-state index in [0.717, 1.165) is 11.1 Å². The molecule has 0 amide bonds. The molecule has 0 saturated heterocycles. The maximum atomic E-state index is 11.2. The van der Waals surface area contributed by atoms with Gasteiger partial charge in [-0.1, -0.05) is 6.07 Å². The monoisotopic (exact) mass is 304 g/mol. The largest absolute Gasteiger partial charge is 0.466 e. The fourth-order valence-corrected chi connectivity index (χ4v) is 1.87. The van der Waals surface area contributed by atoms with Crippen LogP contribution in [0.4, 0.5) is 0 Å². The van der Waals surface area contributed by atoms with Gasteiger partial charge < -0.3 is 4.74 Å². The van der Waals surface area contributed by atoms with E-state index in [2.05, 4.69) is 28.7 Å². The van der Waals surface area contributed by atoms with E-state index in [-0.39, 0.29) is 5.97 Å². The van der Waals surface area contributed by atoms with Crippen LogP contribution in [0.5, 0.6) is 0 Å². The van der Waals surface area contributed by atoms with Crippen LogP contribution in [-0.4, -0.2) is 12.6 Å². The van der Waals surface area contributed by atoms with Gasteiger partial charge >= 0.3 is 5.97 Å². The van der Waals surface area contributed by atoms with Crippen molar-refractivity contribution >= 4 is 28.6 Å². The number of hydrogen-bond acceptors (Lipinski definition) is 2. The van der Waals surface area contributed by atoms with Crippen LogP contribution in [0.3, 0.4) is 0 Å². The zero-order chi connectivity index (χ0) is 10.6. The third-order valence-electron chi connectivity index (χ3n) is 1.94. The number of rotatable bonds is 3. The first-order chi connectivity index (χ1) is 6.63. The summed E-state index contributed by atoms with van der Waals surface area (Å²) in [6.07, 6.45) is 0.372. The molecule has 0 aliphatic heterocycles. The van der Waals surface area contributed by atoms with Crippen LogP contribution >= 0.6 is 22.6 Å². The second kappa shape index (κ2) is 5.34. The van der Waals surface area contributed by atoms with Crippen molar-refractivity contribution in [2.75, 3.05) is 6.61 Å². The Balaban J connectivity index is 2.72. The van der Waals surface area contributed by atoms with Crippen molar-refractivity contribution in [2.45, 2.75) is 20.3 Å². The van der Waals surface area contributed by atoms with Crippen LogP contribution in [0.2, 0.25) is 0 Å². The normalized spacial score (nSPS) is 9.93. The standard InChI is InChI=1S/C11H13IO2/c1-3-14-11(13)7-9-4-5-10(12)6-8(9)2/h4-6H,3,7H2,1-2H3. The van der Waals surface area contributed by atoms with Crippen LogP contribution < -0.4 is 0 Å². The summed E-state index contributed by atoms with van der Waals surface area (Å²) in [4.78, 5) is 11.2. The highest BCUT2D eigenvalue weighted by atomic mass is 127. The third-order valence-corrected chi connectivity index (χ3v) is 2.62. The first-order valence-corrected chi connectivity index (χ1v) is 5.62. The maximum absolute atomic E-state index is 11.2. The zero-order valence-corrected chi connectivity index (χ0v) is 10.5. The van der Waals surface area contributed by atoms with E-state index in [0.29, 0.717) is 13.0 Å². The topological polar surface area (TPSA) is 26.3 Å². The molecule has 0 radical (unpaired) electrons. The van der Waals surface area contributed by atoms with E-state index in [1.54, 1.807) is 0 Å². The Morgan fingerprint density at radius 2 is 2.21 bits per heavy atom. The molecule has 0 fully saturated rings. The van der Waals surface area contributed by atoms with Crippen molar-refractivity contribution in [3.05, 3.63) is 32.9 Å². The van der Waals surface area contributed by atoms with Gasteiger partial charge in [-0.05, 0) is 59.7 Å². The number of benzene rings is 1. The second-order valence-electron chi connectivity index (χ2n) is 3.05. The van der Waals surface area contributed by atoms with Gasteiger partial charge in [0, 0.05) is 3.57 Å². The lowest BCUT2D eigenvalue weighted by Crippen LogP contribution is -2.08. The summed E-state index contributed by atoms with van der Waals surface area (Å²) >= 11 is 2.26. The van der Waals surface area contributed by atoms with E-state index < -0.39 is 0 Å². The SMILES string of the molecule is CCOC(=O)Cc1ccc(I)cc1C. The molecule has 0 bridgehead atoms. The summed E-state index contributed by atoms with van der Waals surface area (Å²) in [5.41, 5.74) is 2.19. The molecule has 0 aliphatic carbocycles. The third kappa shape index (κ3) is 3.29.